The van der Waals surface area contributed by atoms with Crippen LogP contribution in [0.1, 0.15) is 45.1 Å². The Kier molecular flexibility index (Phi) is 4.83. The molecule has 1 fully saturated rings. The van der Waals surface area contributed by atoms with E-state index in [1.165, 1.54) is 24.8 Å². The molecule has 2 amide bonds. The lowest BCUT2D eigenvalue weighted by Crippen LogP contribution is -2.43. The third-order valence-electron chi connectivity index (χ3n) is 4.07. The molecule has 2 atom stereocenters. The second-order valence-corrected chi connectivity index (χ2v) is 5.48. The van der Waals surface area contributed by atoms with E-state index in [1.54, 1.807) is 0 Å². The lowest BCUT2D eigenvalue weighted by Gasteiger charge is -2.29. The van der Waals surface area contributed by atoms with Gasteiger partial charge in [0.05, 0.1) is 0 Å². The third-order valence-corrected chi connectivity index (χ3v) is 4.07. The zero-order chi connectivity index (χ0) is 13.7. The van der Waals surface area contributed by atoms with Crippen molar-refractivity contribution in [2.75, 3.05) is 5.32 Å². The molecule has 19 heavy (non-hydrogen) atoms. The van der Waals surface area contributed by atoms with Gasteiger partial charge < -0.3 is 10.6 Å². The van der Waals surface area contributed by atoms with Gasteiger partial charge >= 0.3 is 6.03 Å². The minimum absolute atomic E-state index is 0.0698. The lowest BCUT2D eigenvalue weighted by molar-refractivity contribution is 0.232. The van der Waals surface area contributed by atoms with E-state index >= 15 is 0 Å². The molecule has 0 aliphatic heterocycles. The van der Waals surface area contributed by atoms with Gasteiger partial charge in [-0.2, -0.15) is 0 Å². The molecule has 0 saturated heterocycles. The van der Waals surface area contributed by atoms with Crippen molar-refractivity contribution in [1.82, 2.24) is 5.32 Å². The molecule has 0 spiro atoms. The first-order valence-corrected chi connectivity index (χ1v) is 7.36. The van der Waals surface area contributed by atoms with Gasteiger partial charge in [-0.05, 0) is 36.8 Å². The predicted molar refractivity (Wildman–Crippen MR) is 79.4 cm³/mol. The quantitative estimate of drug-likeness (QED) is 0.849. The number of urea groups is 1. The van der Waals surface area contributed by atoms with Crippen molar-refractivity contribution in [2.24, 2.45) is 5.92 Å². The van der Waals surface area contributed by atoms with Crippen molar-refractivity contribution in [3.05, 3.63) is 29.8 Å². The average Bonchev–Trinajstić information content (AvgIpc) is 2.42. The summed E-state index contributed by atoms with van der Waals surface area (Å²) >= 11 is 0. The molecule has 1 saturated carbocycles. The minimum atomic E-state index is -0.0698. The average molecular weight is 260 g/mol. The summed E-state index contributed by atoms with van der Waals surface area (Å²) in [6, 6.07) is 8.23. The van der Waals surface area contributed by atoms with Gasteiger partial charge in [0.15, 0.2) is 0 Å². The van der Waals surface area contributed by atoms with Crippen LogP contribution in [0, 0.1) is 5.92 Å². The van der Waals surface area contributed by atoms with Gasteiger partial charge in [-0.3, -0.25) is 0 Å². The highest BCUT2D eigenvalue weighted by molar-refractivity contribution is 5.90. The summed E-state index contributed by atoms with van der Waals surface area (Å²) < 4.78 is 0. The molecule has 0 heterocycles. The van der Waals surface area contributed by atoms with Crippen LogP contribution in [0.15, 0.2) is 24.3 Å². The second kappa shape index (κ2) is 6.60. The Morgan fingerprint density at radius 1 is 1.26 bits per heavy atom. The van der Waals surface area contributed by atoms with Crippen LogP contribution in [0.2, 0.25) is 0 Å². The van der Waals surface area contributed by atoms with E-state index in [1.807, 2.05) is 18.2 Å². The highest BCUT2D eigenvalue weighted by Crippen LogP contribution is 2.24. The number of nitrogens with one attached hydrogen (secondary N) is 2. The first kappa shape index (κ1) is 13.9. The summed E-state index contributed by atoms with van der Waals surface area (Å²) in [6.07, 6.45) is 5.76. The van der Waals surface area contributed by atoms with Gasteiger partial charge in [-0.15, -0.1) is 0 Å². The van der Waals surface area contributed by atoms with Crippen LogP contribution in [0.4, 0.5) is 10.5 Å². The van der Waals surface area contributed by atoms with Gasteiger partial charge in [0.1, 0.15) is 0 Å². The van der Waals surface area contributed by atoms with E-state index in [0.29, 0.717) is 12.0 Å². The van der Waals surface area contributed by atoms with Crippen molar-refractivity contribution in [3.8, 4) is 0 Å². The summed E-state index contributed by atoms with van der Waals surface area (Å²) in [5.74, 6) is 0.584. The van der Waals surface area contributed by atoms with Crippen LogP contribution in [0.3, 0.4) is 0 Å². The van der Waals surface area contributed by atoms with E-state index < -0.39 is 0 Å². The molecular weight excluding hydrogens is 236 g/mol. The van der Waals surface area contributed by atoms with Crippen molar-refractivity contribution < 1.29 is 4.79 Å². The summed E-state index contributed by atoms with van der Waals surface area (Å²) in [5.41, 5.74) is 2.10. The van der Waals surface area contributed by atoms with Crippen LogP contribution >= 0.6 is 0 Å². The maximum Gasteiger partial charge on any atom is 0.319 e. The van der Waals surface area contributed by atoms with Gasteiger partial charge in [-0.1, -0.05) is 44.9 Å². The van der Waals surface area contributed by atoms with E-state index in [9.17, 15) is 4.79 Å². The Hall–Kier alpha value is -1.51. The van der Waals surface area contributed by atoms with Gasteiger partial charge in [0.25, 0.3) is 0 Å². The van der Waals surface area contributed by atoms with Crippen LogP contribution < -0.4 is 10.6 Å². The lowest BCUT2D eigenvalue weighted by atomic mass is 9.86. The van der Waals surface area contributed by atoms with E-state index in [4.69, 9.17) is 0 Å². The topological polar surface area (TPSA) is 41.1 Å². The monoisotopic (exact) mass is 260 g/mol. The van der Waals surface area contributed by atoms with Crippen LogP contribution in [0.25, 0.3) is 0 Å². The number of carbonyl (C=O) groups is 1. The zero-order valence-electron chi connectivity index (χ0n) is 11.9. The molecule has 104 valence electrons. The molecule has 0 aromatic heterocycles. The number of benzene rings is 1. The number of carbonyl (C=O) groups excluding carboxylic acids is 1. The molecule has 3 nitrogen and oxygen atoms in total. The summed E-state index contributed by atoms with van der Waals surface area (Å²) in [4.78, 5) is 12.1. The summed E-state index contributed by atoms with van der Waals surface area (Å²) in [7, 11) is 0. The Bertz CT molecular complexity index is 431. The Balaban J connectivity index is 1.93. The number of anilines is 1. The fraction of sp³-hybridized carbons (Fsp3) is 0.562. The highest BCUT2D eigenvalue weighted by atomic mass is 16.2. The molecule has 1 aliphatic rings. The second-order valence-electron chi connectivity index (χ2n) is 5.48. The molecule has 1 aromatic rings. The van der Waals surface area contributed by atoms with Gasteiger partial charge in [-0.25, -0.2) is 4.79 Å². The van der Waals surface area contributed by atoms with Crippen LogP contribution in [-0.4, -0.2) is 12.1 Å². The van der Waals surface area contributed by atoms with Crippen LogP contribution in [0.5, 0.6) is 0 Å². The molecular formula is C16H24N2O. The van der Waals surface area contributed by atoms with Crippen LogP contribution in [-0.2, 0) is 6.42 Å². The normalized spacial score (nSPS) is 22.8. The SMILES string of the molecule is CCc1ccccc1NC(=O)N[C@@H]1CCCC[C@H]1C. The van der Waals surface area contributed by atoms with Gasteiger partial charge in [0, 0.05) is 11.7 Å². The number of hydrogen-bond donors (Lipinski definition) is 2. The Morgan fingerprint density at radius 3 is 2.74 bits per heavy atom. The number of aryl methyl sites for hydroxylation is 1. The van der Waals surface area contributed by atoms with E-state index in [0.717, 1.165) is 18.5 Å². The molecule has 3 heteroatoms. The first-order valence-electron chi connectivity index (χ1n) is 7.36. The number of para-hydroxylation sites is 1. The maximum absolute atomic E-state index is 12.1. The summed E-state index contributed by atoms with van der Waals surface area (Å²) in [5, 5.41) is 6.10. The Labute approximate surface area is 115 Å². The number of rotatable bonds is 3. The van der Waals surface area contributed by atoms with Gasteiger partial charge in [0.2, 0.25) is 0 Å². The molecule has 1 aliphatic carbocycles. The third kappa shape index (κ3) is 3.72. The fourth-order valence-corrected chi connectivity index (χ4v) is 2.81. The first-order chi connectivity index (χ1) is 9.20. The predicted octanol–water partition coefficient (Wildman–Crippen LogP) is 3.95. The summed E-state index contributed by atoms with van der Waals surface area (Å²) in [6.45, 7) is 4.33. The molecule has 2 rings (SSSR count). The zero-order valence-corrected chi connectivity index (χ0v) is 11.9. The standard InChI is InChI=1S/C16H24N2O/c1-3-13-9-5-7-11-15(13)18-16(19)17-14-10-6-4-8-12(14)2/h5,7,9,11-12,14H,3-4,6,8,10H2,1-2H3,(H2,17,18,19)/t12-,14-/m1/s1. The molecule has 0 unspecified atom stereocenters. The minimum Gasteiger partial charge on any atom is -0.335 e. The number of amides is 2. The fourth-order valence-electron chi connectivity index (χ4n) is 2.81. The molecule has 2 N–H and O–H groups in total. The van der Waals surface area contributed by atoms with Crippen molar-refractivity contribution in [2.45, 2.75) is 52.0 Å². The highest BCUT2D eigenvalue weighted by Gasteiger charge is 2.22. The van der Waals surface area contributed by atoms with E-state index in [2.05, 4.69) is 30.5 Å². The largest absolute Gasteiger partial charge is 0.335 e. The van der Waals surface area contributed by atoms with Crippen molar-refractivity contribution in [1.29, 1.82) is 0 Å². The molecule has 0 radical (unpaired) electrons. The maximum atomic E-state index is 12.1. The molecule has 0 bridgehead atoms. The van der Waals surface area contributed by atoms with Crippen molar-refractivity contribution in [3.63, 3.8) is 0 Å². The smallest absolute Gasteiger partial charge is 0.319 e. The Morgan fingerprint density at radius 2 is 2.00 bits per heavy atom. The number of hydrogen-bond acceptors (Lipinski definition) is 1. The molecule has 1 aromatic carbocycles. The van der Waals surface area contributed by atoms with Crippen molar-refractivity contribution >= 4 is 11.7 Å². The van der Waals surface area contributed by atoms with E-state index in [-0.39, 0.29) is 6.03 Å².